The molecule has 0 bridgehead atoms. The van der Waals surface area contributed by atoms with Gasteiger partial charge in [-0.15, -0.1) is 0 Å². The lowest BCUT2D eigenvalue weighted by atomic mass is 10.0. The van der Waals surface area contributed by atoms with Crippen LogP contribution in [0.5, 0.6) is 0 Å². The van der Waals surface area contributed by atoms with Crippen LogP contribution in [-0.4, -0.2) is 136 Å². The van der Waals surface area contributed by atoms with Crippen LogP contribution in [0, 0.1) is 5.92 Å². The molecule has 0 spiro atoms. The molecule has 0 aliphatic rings. The minimum atomic E-state index is -1.68. The van der Waals surface area contributed by atoms with Crippen LogP contribution in [0.25, 0.3) is 0 Å². The Bertz CT molecular complexity index is 1790. The smallest absolute Gasteiger partial charge is 0.326 e. The highest BCUT2D eigenvalue weighted by molar-refractivity contribution is 5.98. The molecule has 0 aromatic carbocycles. The van der Waals surface area contributed by atoms with Crippen molar-refractivity contribution in [2.45, 2.75) is 127 Å². The second kappa shape index (κ2) is 28.7. The lowest BCUT2D eigenvalue weighted by molar-refractivity contribution is -0.142. The highest BCUT2D eigenvalue weighted by Gasteiger charge is 2.35. The Balaban J connectivity index is 3.36. The fourth-order valence-corrected chi connectivity index (χ4v) is 5.97. The zero-order chi connectivity index (χ0) is 48.5. The van der Waals surface area contributed by atoms with Crippen molar-refractivity contribution in [1.82, 2.24) is 41.9 Å². The molecule has 0 fully saturated rings. The number of amides is 9. The number of nitrogens with two attached hydrogens (primary N) is 7. The quantitative estimate of drug-likeness (QED) is 0.0182. The van der Waals surface area contributed by atoms with Crippen LogP contribution in [0.4, 0.5) is 0 Å². The van der Waals surface area contributed by atoms with Gasteiger partial charge in [-0.2, -0.15) is 0 Å². The zero-order valence-corrected chi connectivity index (χ0v) is 35.9. The molecule has 22 N–H and O–H groups in total. The van der Waals surface area contributed by atoms with Crippen molar-refractivity contribution in [3.05, 3.63) is 18.2 Å². The van der Waals surface area contributed by atoms with Crippen LogP contribution in [0.1, 0.15) is 83.7 Å². The van der Waals surface area contributed by atoms with E-state index in [1.165, 1.54) is 12.5 Å². The van der Waals surface area contributed by atoms with E-state index < -0.39 is 127 Å². The van der Waals surface area contributed by atoms with Crippen LogP contribution in [-0.2, 0) is 54.4 Å². The van der Waals surface area contributed by atoms with Crippen LogP contribution in [0.2, 0.25) is 0 Å². The minimum absolute atomic E-state index is 0.0200. The summed E-state index contributed by atoms with van der Waals surface area (Å²) in [6, 6.07) is -10.4. The number of aliphatic carboxylic acids is 1. The van der Waals surface area contributed by atoms with Crippen LogP contribution in [0.15, 0.2) is 17.5 Å². The van der Waals surface area contributed by atoms with Crippen molar-refractivity contribution in [2.24, 2.45) is 51.0 Å². The van der Waals surface area contributed by atoms with Gasteiger partial charge in [0.05, 0.1) is 25.2 Å². The number of hydrogen-bond acceptors (Lipinski definition) is 14. The number of guanidine groups is 1. The second-order valence-electron chi connectivity index (χ2n) is 15.3. The van der Waals surface area contributed by atoms with Crippen molar-refractivity contribution in [2.75, 3.05) is 13.1 Å². The monoisotopic (exact) mass is 908 g/mol. The third-order valence-electron chi connectivity index (χ3n) is 9.20. The molecule has 1 aromatic rings. The van der Waals surface area contributed by atoms with Gasteiger partial charge < -0.3 is 82.1 Å². The lowest BCUT2D eigenvalue weighted by Crippen LogP contribution is -2.60. The normalized spacial score (nSPS) is 14.2. The number of carbonyl (C=O) groups excluding carboxylic acids is 9. The lowest BCUT2D eigenvalue weighted by Gasteiger charge is -2.28. The van der Waals surface area contributed by atoms with Crippen LogP contribution < -0.4 is 72.0 Å². The molecule has 0 aliphatic carbocycles. The summed E-state index contributed by atoms with van der Waals surface area (Å²) < 4.78 is 0. The van der Waals surface area contributed by atoms with E-state index in [-0.39, 0.29) is 63.5 Å². The summed E-state index contributed by atoms with van der Waals surface area (Å²) in [6.07, 6.45) is 1.06. The number of H-pyrrole nitrogens is 1. The molecule has 0 unspecified atom stereocenters. The molecule has 64 heavy (non-hydrogen) atoms. The Morgan fingerprint density at radius 1 is 0.641 bits per heavy atom. The van der Waals surface area contributed by atoms with E-state index in [2.05, 4.69) is 46.9 Å². The zero-order valence-electron chi connectivity index (χ0n) is 35.9. The number of hydrogen-bond donors (Lipinski definition) is 15. The molecule has 27 nitrogen and oxygen atoms in total. The molecule has 1 aromatic heterocycles. The number of primary amides is 3. The van der Waals surface area contributed by atoms with Gasteiger partial charge in [0.15, 0.2) is 5.96 Å². The van der Waals surface area contributed by atoms with Gasteiger partial charge >= 0.3 is 5.97 Å². The molecule has 0 saturated carbocycles. The number of rotatable bonds is 32. The van der Waals surface area contributed by atoms with Crippen molar-refractivity contribution in [1.29, 1.82) is 0 Å². The molecule has 7 atom stereocenters. The number of unbranched alkanes of at least 4 members (excludes halogenated alkanes) is 1. The largest absolute Gasteiger partial charge is 0.480 e. The first-order valence-electron chi connectivity index (χ1n) is 20.4. The molecule has 1 heterocycles. The molecular formula is C37H64N16O11. The Labute approximate surface area is 368 Å². The Morgan fingerprint density at radius 3 is 1.58 bits per heavy atom. The van der Waals surface area contributed by atoms with E-state index in [1.54, 1.807) is 13.8 Å². The number of imidazole rings is 1. The standard InChI is InChI=1S/C37H64N16O11/c1-18(2)12-24(33(60)53-26(15-29(42)56)35(62)50-23(36(63)64)7-5-11-46-37(43)44)52-31(58)21(6-3-4-10-38)48-32(59)22(8-9-27(40)54)49-34(61)25(14-28(41)55)51-30(57)20(39)13-19-16-45-17-47-19/h16-18,20-26H,3-15,38-39H2,1-2H3,(H2,40,54)(H2,41,55)(H2,42,56)(H,45,47)(H,48,59)(H,49,61)(H,50,62)(H,51,57)(H,52,58)(H,53,60)(H,63,64)(H4,43,44,46)/t20-,21-,22-,23-,24-,25-,26-/m0/s1. The Hall–Kier alpha value is -6.90. The first-order chi connectivity index (χ1) is 30.0. The summed E-state index contributed by atoms with van der Waals surface area (Å²) in [6.45, 7) is 3.69. The SMILES string of the molecule is CC(C)C[C@H](NC(=O)[C@H](CCCCN)NC(=O)[C@H](CCC(N)=O)NC(=O)[C@H](CC(N)=O)NC(=O)[C@@H](N)Cc1cnc[nH]1)C(=O)N[C@@H](CC(N)=O)C(=O)N[C@@H](CCCN=C(N)N)C(=O)O. The highest BCUT2D eigenvalue weighted by atomic mass is 16.4. The van der Waals surface area contributed by atoms with Crippen molar-refractivity contribution >= 4 is 65.1 Å². The van der Waals surface area contributed by atoms with Gasteiger partial charge in [0.25, 0.3) is 0 Å². The van der Waals surface area contributed by atoms with E-state index in [0.29, 0.717) is 12.1 Å². The van der Waals surface area contributed by atoms with Gasteiger partial charge in [0, 0.05) is 31.3 Å². The van der Waals surface area contributed by atoms with Gasteiger partial charge in [0.2, 0.25) is 53.2 Å². The summed E-state index contributed by atoms with van der Waals surface area (Å²) in [5.74, 6) is -10.7. The Kier molecular flexibility index (Phi) is 24.7. The highest BCUT2D eigenvalue weighted by Crippen LogP contribution is 2.11. The number of carbonyl (C=O) groups is 10. The van der Waals surface area contributed by atoms with Gasteiger partial charge in [-0.05, 0) is 57.4 Å². The minimum Gasteiger partial charge on any atom is -0.480 e. The van der Waals surface area contributed by atoms with Gasteiger partial charge in [-0.25, -0.2) is 9.78 Å². The van der Waals surface area contributed by atoms with E-state index in [4.69, 9.17) is 40.1 Å². The van der Waals surface area contributed by atoms with Gasteiger partial charge in [-0.3, -0.25) is 48.1 Å². The summed E-state index contributed by atoms with van der Waals surface area (Å²) in [4.78, 5) is 139. The van der Waals surface area contributed by atoms with Gasteiger partial charge in [-0.1, -0.05) is 13.8 Å². The number of nitrogens with zero attached hydrogens (tertiary/aromatic N) is 2. The van der Waals surface area contributed by atoms with E-state index in [0.717, 1.165) is 0 Å². The maximum atomic E-state index is 13.9. The van der Waals surface area contributed by atoms with E-state index >= 15 is 0 Å². The molecule has 27 heteroatoms. The van der Waals surface area contributed by atoms with Crippen LogP contribution >= 0.6 is 0 Å². The Morgan fingerprint density at radius 2 is 1.11 bits per heavy atom. The number of nitrogens with one attached hydrogen (secondary N) is 7. The fraction of sp³-hybridized carbons (Fsp3) is 0.622. The fourth-order valence-electron chi connectivity index (χ4n) is 5.97. The maximum absolute atomic E-state index is 13.9. The number of carboxylic acids is 1. The molecule has 9 amide bonds. The number of carboxylic acid groups (broad SMARTS) is 1. The first kappa shape index (κ1) is 55.1. The molecule has 0 saturated heterocycles. The summed E-state index contributed by atoms with van der Waals surface area (Å²) in [5, 5.41) is 24.1. The molecular weight excluding hydrogens is 845 g/mol. The van der Waals surface area contributed by atoms with Crippen molar-refractivity contribution in [3.63, 3.8) is 0 Å². The molecule has 0 aliphatic heterocycles. The predicted molar refractivity (Wildman–Crippen MR) is 228 cm³/mol. The maximum Gasteiger partial charge on any atom is 0.326 e. The molecule has 358 valence electrons. The average molecular weight is 909 g/mol. The summed E-state index contributed by atoms with van der Waals surface area (Å²) in [5.41, 5.74) is 38.7. The number of aromatic amines is 1. The number of aromatic nitrogens is 2. The third-order valence-corrected chi connectivity index (χ3v) is 9.20. The van der Waals surface area contributed by atoms with E-state index in [1.807, 2.05) is 0 Å². The van der Waals surface area contributed by atoms with E-state index in [9.17, 15) is 53.1 Å². The molecule has 1 rings (SSSR count). The molecule has 0 radical (unpaired) electrons. The van der Waals surface area contributed by atoms with Crippen LogP contribution in [0.3, 0.4) is 0 Å². The predicted octanol–water partition coefficient (Wildman–Crippen LogP) is -6.48. The summed E-state index contributed by atoms with van der Waals surface area (Å²) >= 11 is 0. The second-order valence-corrected chi connectivity index (χ2v) is 15.3. The van der Waals surface area contributed by atoms with Crippen molar-refractivity contribution in [3.8, 4) is 0 Å². The first-order valence-corrected chi connectivity index (χ1v) is 20.4. The summed E-state index contributed by atoms with van der Waals surface area (Å²) in [7, 11) is 0. The average Bonchev–Trinajstić information content (AvgIpc) is 3.71. The number of aliphatic imine (C=N–C) groups is 1. The third kappa shape index (κ3) is 22.3. The topological polar surface area (TPSA) is 486 Å². The van der Waals surface area contributed by atoms with Crippen molar-refractivity contribution < 1.29 is 53.1 Å². The van der Waals surface area contributed by atoms with Gasteiger partial charge in [0.1, 0.15) is 36.3 Å².